The van der Waals surface area contributed by atoms with Crippen molar-refractivity contribution in [3.05, 3.63) is 77.2 Å². The smallest absolute Gasteiger partial charge is 0.0355 e. The predicted molar refractivity (Wildman–Crippen MR) is 122 cm³/mol. The van der Waals surface area contributed by atoms with Crippen LogP contribution in [-0.2, 0) is 0 Å². The lowest BCUT2D eigenvalue weighted by atomic mass is 9.90. The van der Waals surface area contributed by atoms with Crippen molar-refractivity contribution in [3.63, 3.8) is 0 Å². The summed E-state index contributed by atoms with van der Waals surface area (Å²) >= 11 is 3.81. The van der Waals surface area contributed by atoms with Gasteiger partial charge in [0.05, 0.1) is 0 Å². The average molecular weight is 383 g/mol. The van der Waals surface area contributed by atoms with Gasteiger partial charge in [-0.25, -0.2) is 0 Å². The fourth-order valence-corrected chi connectivity index (χ4v) is 6.67. The van der Waals surface area contributed by atoms with E-state index in [9.17, 15) is 0 Å². The normalized spacial score (nSPS) is 16.4. The second kappa shape index (κ2) is 5.79. The number of benzene rings is 3. The highest BCUT2D eigenvalue weighted by Gasteiger charge is 2.19. The van der Waals surface area contributed by atoms with Gasteiger partial charge in [-0.1, -0.05) is 43.3 Å². The first-order chi connectivity index (χ1) is 13.3. The SMILES string of the molecule is CC1CC=Cc2sc3ccc(-c4ccc5sc6ccccc6c5c4)cc3c21. The standard InChI is InChI=1S/C25H18S2/c1-15-5-4-8-24-25(15)20-14-17(10-12-23(20)27-24)16-9-11-22-19(13-16)18-6-2-3-7-21(18)26-22/h2-4,6-15H,5H2,1H3. The van der Waals surface area contributed by atoms with Crippen LogP contribution >= 0.6 is 22.7 Å². The molecular weight excluding hydrogens is 364 g/mol. The first-order valence-electron chi connectivity index (χ1n) is 9.42. The summed E-state index contributed by atoms with van der Waals surface area (Å²) in [5.41, 5.74) is 4.18. The van der Waals surface area contributed by atoms with Crippen LogP contribution in [0.3, 0.4) is 0 Å². The molecule has 0 aliphatic heterocycles. The van der Waals surface area contributed by atoms with Crippen molar-refractivity contribution in [1.29, 1.82) is 0 Å². The second-order valence-corrected chi connectivity index (χ2v) is 9.61. The van der Waals surface area contributed by atoms with E-state index in [0.29, 0.717) is 5.92 Å². The molecule has 0 amide bonds. The minimum atomic E-state index is 0.609. The molecule has 2 aromatic heterocycles. The Hall–Kier alpha value is -2.42. The van der Waals surface area contributed by atoms with Gasteiger partial charge in [0.25, 0.3) is 0 Å². The zero-order valence-electron chi connectivity index (χ0n) is 15.0. The highest BCUT2D eigenvalue weighted by molar-refractivity contribution is 7.25. The first kappa shape index (κ1) is 15.6. The van der Waals surface area contributed by atoms with Crippen molar-refractivity contribution >= 4 is 59.0 Å². The lowest BCUT2D eigenvalue weighted by molar-refractivity contribution is 0.783. The lowest BCUT2D eigenvalue weighted by Crippen LogP contribution is -1.96. The van der Waals surface area contributed by atoms with Crippen LogP contribution in [0, 0.1) is 0 Å². The van der Waals surface area contributed by atoms with E-state index in [1.807, 2.05) is 22.7 Å². The summed E-state index contributed by atoms with van der Waals surface area (Å²) < 4.78 is 4.14. The molecule has 0 fully saturated rings. The summed E-state index contributed by atoms with van der Waals surface area (Å²) in [5, 5.41) is 4.18. The molecule has 6 rings (SSSR count). The molecule has 0 radical (unpaired) electrons. The van der Waals surface area contributed by atoms with Crippen LogP contribution in [0.25, 0.3) is 47.5 Å². The van der Waals surface area contributed by atoms with Gasteiger partial charge in [0.1, 0.15) is 0 Å². The molecule has 1 unspecified atom stereocenters. The second-order valence-electron chi connectivity index (χ2n) is 7.44. The van der Waals surface area contributed by atoms with Crippen LogP contribution in [0.15, 0.2) is 66.7 Å². The fraction of sp³-hybridized carbons (Fsp3) is 0.120. The van der Waals surface area contributed by atoms with Crippen molar-refractivity contribution in [2.75, 3.05) is 0 Å². The van der Waals surface area contributed by atoms with Crippen molar-refractivity contribution in [2.24, 2.45) is 0 Å². The van der Waals surface area contributed by atoms with Gasteiger partial charge in [-0.3, -0.25) is 0 Å². The summed E-state index contributed by atoms with van der Waals surface area (Å²) in [7, 11) is 0. The monoisotopic (exact) mass is 382 g/mol. The minimum absolute atomic E-state index is 0.609. The molecule has 1 aliphatic rings. The van der Waals surface area contributed by atoms with Crippen molar-refractivity contribution in [2.45, 2.75) is 19.3 Å². The zero-order chi connectivity index (χ0) is 18.0. The Balaban J connectivity index is 1.58. The van der Waals surface area contributed by atoms with E-state index < -0.39 is 0 Å². The van der Waals surface area contributed by atoms with Crippen LogP contribution in [0.4, 0.5) is 0 Å². The van der Waals surface area contributed by atoms with Crippen molar-refractivity contribution in [1.82, 2.24) is 0 Å². The van der Waals surface area contributed by atoms with Crippen LogP contribution in [0.2, 0.25) is 0 Å². The third kappa shape index (κ3) is 2.33. The molecule has 0 saturated carbocycles. The van der Waals surface area contributed by atoms with Gasteiger partial charge in [0.15, 0.2) is 0 Å². The number of rotatable bonds is 1. The Kier molecular flexibility index (Phi) is 3.35. The van der Waals surface area contributed by atoms with Crippen LogP contribution in [-0.4, -0.2) is 0 Å². The zero-order valence-corrected chi connectivity index (χ0v) is 16.7. The Labute approximate surface area is 166 Å². The van der Waals surface area contributed by atoms with Gasteiger partial charge in [0.2, 0.25) is 0 Å². The van der Waals surface area contributed by atoms with Crippen LogP contribution in [0.1, 0.15) is 29.7 Å². The molecule has 1 atom stereocenters. The molecule has 0 saturated heterocycles. The van der Waals surface area contributed by atoms with Crippen molar-refractivity contribution in [3.8, 4) is 11.1 Å². The summed E-state index contributed by atoms with van der Waals surface area (Å²) in [4.78, 5) is 1.44. The van der Waals surface area contributed by atoms with Gasteiger partial charge in [-0.15, -0.1) is 22.7 Å². The van der Waals surface area contributed by atoms with Gasteiger partial charge >= 0.3 is 0 Å². The van der Waals surface area contributed by atoms with E-state index in [-0.39, 0.29) is 0 Å². The molecule has 2 heterocycles. The van der Waals surface area contributed by atoms with Gasteiger partial charge < -0.3 is 0 Å². The maximum absolute atomic E-state index is 2.41. The molecule has 5 aromatic rings. The van der Waals surface area contributed by atoms with Gasteiger partial charge in [-0.05, 0) is 70.8 Å². The van der Waals surface area contributed by atoms with Gasteiger partial charge in [0, 0.05) is 29.7 Å². The first-order valence-corrected chi connectivity index (χ1v) is 11.1. The summed E-state index contributed by atoms with van der Waals surface area (Å²) in [6.45, 7) is 2.35. The molecule has 130 valence electrons. The summed E-state index contributed by atoms with van der Waals surface area (Å²) in [5.74, 6) is 0.609. The van der Waals surface area contributed by atoms with E-state index in [2.05, 4.69) is 79.7 Å². The van der Waals surface area contributed by atoms with Crippen molar-refractivity contribution < 1.29 is 0 Å². The van der Waals surface area contributed by atoms with Gasteiger partial charge in [-0.2, -0.15) is 0 Å². The topological polar surface area (TPSA) is 0 Å². The third-order valence-corrected chi connectivity index (χ3v) is 8.02. The third-order valence-electron chi connectivity index (χ3n) is 5.72. The molecule has 0 N–H and O–H groups in total. The molecule has 3 aromatic carbocycles. The largest absolute Gasteiger partial charge is 0.136 e. The highest BCUT2D eigenvalue weighted by atomic mass is 32.1. The maximum atomic E-state index is 2.41. The minimum Gasteiger partial charge on any atom is -0.136 e. The molecule has 2 heteroatoms. The van der Waals surface area contributed by atoms with E-state index in [4.69, 9.17) is 0 Å². The van der Waals surface area contributed by atoms with E-state index >= 15 is 0 Å². The quantitative estimate of drug-likeness (QED) is 0.273. The number of hydrogen-bond acceptors (Lipinski definition) is 2. The summed E-state index contributed by atoms with van der Waals surface area (Å²) in [6.07, 6.45) is 5.78. The van der Waals surface area contributed by atoms with E-state index in [0.717, 1.165) is 6.42 Å². The Morgan fingerprint density at radius 1 is 0.741 bits per heavy atom. The Morgan fingerprint density at radius 2 is 1.44 bits per heavy atom. The molecule has 0 bridgehead atoms. The van der Waals surface area contributed by atoms with Crippen LogP contribution < -0.4 is 0 Å². The molecular formula is C25H18S2. The Bertz CT molecular complexity index is 1360. The molecule has 0 spiro atoms. The van der Waals surface area contributed by atoms with Crippen LogP contribution in [0.5, 0.6) is 0 Å². The van der Waals surface area contributed by atoms with E-state index in [1.54, 1.807) is 5.56 Å². The number of fused-ring (bicyclic) bond motifs is 6. The predicted octanol–water partition coefficient (Wildman–Crippen LogP) is 8.46. The number of hydrogen-bond donors (Lipinski definition) is 0. The molecule has 27 heavy (non-hydrogen) atoms. The fourth-order valence-electron chi connectivity index (χ4n) is 4.35. The lowest BCUT2D eigenvalue weighted by Gasteiger charge is -2.14. The molecule has 1 aliphatic carbocycles. The average Bonchev–Trinajstić information content (AvgIpc) is 3.25. The number of thiophene rings is 2. The Morgan fingerprint density at radius 3 is 2.30 bits per heavy atom. The molecule has 0 nitrogen and oxygen atoms in total. The highest BCUT2D eigenvalue weighted by Crippen LogP contribution is 2.43. The maximum Gasteiger partial charge on any atom is 0.0355 e. The summed E-state index contributed by atoms with van der Waals surface area (Å²) in [6, 6.07) is 22.7. The van der Waals surface area contributed by atoms with E-state index in [1.165, 1.54) is 46.3 Å². The number of allylic oxidation sites excluding steroid dienone is 1.